The summed E-state index contributed by atoms with van der Waals surface area (Å²) in [5.74, 6) is 0.922. The van der Waals surface area contributed by atoms with E-state index in [4.69, 9.17) is 21.7 Å². The summed E-state index contributed by atoms with van der Waals surface area (Å²) in [6, 6.07) is 5.24. The molecular formula is C15H22N3O3S+. The first-order valence-corrected chi connectivity index (χ1v) is 7.59. The molecule has 1 aliphatic heterocycles. The van der Waals surface area contributed by atoms with Gasteiger partial charge in [-0.15, -0.1) is 0 Å². The molecule has 0 saturated carbocycles. The lowest BCUT2D eigenvalue weighted by Gasteiger charge is -2.31. The number of benzene rings is 1. The minimum Gasteiger partial charge on any atom is -0.497 e. The molecule has 0 spiro atoms. The number of methoxy groups -OCH3 is 2. The second-order valence-corrected chi connectivity index (χ2v) is 5.66. The summed E-state index contributed by atoms with van der Waals surface area (Å²) in [6.45, 7) is 3.56. The Labute approximate surface area is 136 Å². The number of anilines is 1. The number of hydrogen-bond donors (Lipinski definition) is 2. The maximum atomic E-state index is 12.4. The monoisotopic (exact) mass is 324 g/mol. The van der Waals surface area contributed by atoms with Gasteiger partial charge < -0.3 is 24.6 Å². The van der Waals surface area contributed by atoms with E-state index in [1.165, 1.54) is 4.90 Å². The Morgan fingerprint density at radius 3 is 2.55 bits per heavy atom. The lowest BCUT2D eigenvalue weighted by atomic mass is 10.2. The van der Waals surface area contributed by atoms with Gasteiger partial charge in [-0.2, -0.15) is 0 Å². The van der Waals surface area contributed by atoms with Crippen LogP contribution in [0.5, 0.6) is 11.5 Å². The third kappa shape index (κ3) is 3.86. The highest BCUT2D eigenvalue weighted by atomic mass is 32.1. The van der Waals surface area contributed by atoms with E-state index in [1.807, 2.05) is 4.90 Å². The average Bonchev–Trinajstić information content (AvgIpc) is 2.54. The van der Waals surface area contributed by atoms with Crippen molar-refractivity contribution in [2.24, 2.45) is 0 Å². The summed E-state index contributed by atoms with van der Waals surface area (Å²) < 4.78 is 10.4. The Bertz CT molecular complexity index is 557. The Balaban J connectivity index is 2.06. The van der Waals surface area contributed by atoms with Crippen LogP contribution in [0.25, 0.3) is 0 Å². The van der Waals surface area contributed by atoms with E-state index in [-0.39, 0.29) is 5.91 Å². The van der Waals surface area contributed by atoms with Gasteiger partial charge >= 0.3 is 0 Å². The van der Waals surface area contributed by atoms with Crippen molar-refractivity contribution in [1.29, 1.82) is 0 Å². The largest absolute Gasteiger partial charge is 0.497 e. The van der Waals surface area contributed by atoms with Gasteiger partial charge in [-0.3, -0.25) is 4.79 Å². The second-order valence-electron chi connectivity index (χ2n) is 5.27. The van der Waals surface area contributed by atoms with Gasteiger partial charge in [0.1, 0.15) is 11.5 Å². The summed E-state index contributed by atoms with van der Waals surface area (Å²) in [6.07, 6.45) is 0. The lowest BCUT2D eigenvalue weighted by Crippen LogP contribution is -3.12. The molecule has 0 radical (unpaired) electrons. The number of carbonyl (C=O) groups is 1. The number of nitrogens with zero attached hydrogens (tertiary/aromatic N) is 1. The number of carbonyl (C=O) groups excluding carboxylic acids is 1. The fraction of sp³-hybridized carbons (Fsp3) is 0.467. The molecule has 1 saturated heterocycles. The van der Waals surface area contributed by atoms with Crippen molar-refractivity contribution in [2.75, 3.05) is 52.8 Å². The molecule has 0 bridgehead atoms. The van der Waals surface area contributed by atoms with E-state index in [0.717, 1.165) is 26.2 Å². The highest BCUT2D eigenvalue weighted by Gasteiger charge is 2.23. The predicted octanol–water partition coefficient (Wildman–Crippen LogP) is -0.200. The summed E-state index contributed by atoms with van der Waals surface area (Å²) in [7, 11) is 5.27. The van der Waals surface area contributed by atoms with Crippen molar-refractivity contribution >= 4 is 28.8 Å². The van der Waals surface area contributed by atoms with E-state index in [0.29, 0.717) is 22.2 Å². The Morgan fingerprint density at radius 1 is 1.27 bits per heavy atom. The van der Waals surface area contributed by atoms with Crippen LogP contribution in [0.2, 0.25) is 0 Å². The normalized spacial score (nSPS) is 15.3. The molecule has 0 aromatic heterocycles. The van der Waals surface area contributed by atoms with Crippen molar-refractivity contribution < 1.29 is 19.2 Å². The number of rotatable bonds is 3. The van der Waals surface area contributed by atoms with E-state index >= 15 is 0 Å². The van der Waals surface area contributed by atoms with Crippen LogP contribution < -0.4 is 19.7 Å². The molecule has 22 heavy (non-hydrogen) atoms. The minimum atomic E-state index is -0.291. The van der Waals surface area contributed by atoms with Crippen molar-refractivity contribution in [3.05, 3.63) is 18.2 Å². The van der Waals surface area contributed by atoms with Crippen LogP contribution in [0.1, 0.15) is 0 Å². The molecule has 6 nitrogen and oxygen atoms in total. The highest BCUT2D eigenvalue weighted by molar-refractivity contribution is 7.82. The molecule has 1 heterocycles. The standard InChI is InChI=1S/C15H21N3O3S/c1-17-6-8-18(9-7-17)15(22)14(19)16-12-10-11(20-2)4-5-13(12)21-3/h4-5,10H,6-9H2,1-3H3,(H,16,19)/p+1. The van der Waals surface area contributed by atoms with Crippen LogP contribution in [0.3, 0.4) is 0 Å². The number of nitrogens with one attached hydrogen (secondary N) is 2. The molecule has 1 aliphatic rings. The maximum Gasteiger partial charge on any atom is 0.283 e. The van der Waals surface area contributed by atoms with Crippen molar-refractivity contribution in [2.45, 2.75) is 0 Å². The van der Waals surface area contributed by atoms with Gasteiger partial charge in [-0.05, 0) is 12.1 Å². The van der Waals surface area contributed by atoms with Gasteiger partial charge in [-0.25, -0.2) is 0 Å². The van der Waals surface area contributed by atoms with Gasteiger partial charge in [-0.1, -0.05) is 12.2 Å². The quantitative estimate of drug-likeness (QED) is 0.754. The SMILES string of the molecule is COc1ccc(OC)c(NC(=O)C(=S)N2CC[NH+](C)CC2)c1. The fourth-order valence-corrected chi connectivity index (χ4v) is 2.56. The summed E-state index contributed by atoms with van der Waals surface area (Å²) in [5.41, 5.74) is 0.550. The van der Waals surface area contributed by atoms with E-state index in [2.05, 4.69) is 12.4 Å². The molecule has 1 amide bonds. The third-order valence-corrected chi connectivity index (χ3v) is 4.20. The summed E-state index contributed by atoms with van der Waals surface area (Å²) >= 11 is 5.31. The second kappa shape index (κ2) is 7.42. The number of amides is 1. The average molecular weight is 324 g/mol. The molecule has 2 N–H and O–H groups in total. The van der Waals surface area contributed by atoms with E-state index in [1.54, 1.807) is 32.4 Å². The molecular weight excluding hydrogens is 302 g/mol. The van der Waals surface area contributed by atoms with E-state index in [9.17, 15) is 4.79 Å². The maximum absolute atomic E-state index is 12.4. The number of piperazine rings is 1. The molecule has 1 fully saturated rings. The molecule has 1 aromatic rings. The first-order chi connectivity index (χ1) is 10.5. The first kappa shape index (κ1) is 16.5. The van der Waals surface area contributed by atoms with E-state index < -0.39 is 0 Å². The number of likely N-dealkylation sites (N-methyl/N-ethyl adjacent to an activating group) is 1. The molecule has 7 heteroatoms. The fourth-order valence-electron chi connectivity index (χ4n) is 2.32. The molecule has 0 atom stereocenters. The smallest absolute Gasteiger partial charge is 0.283 e. The Kier molecular flexibility index (Phi) is 5.57. The third-order valence-electron chi connectivity index (χ3n) is 3.75. The zero-order valence-corrected chi connectivity index (χ0v) is 14.0. The predicted molar refractivity (Wildman–Crippen MR) is 89.0 cm³/mol. The first-order valence-electron chi connectivity index (χ1n) is 7.18. The van der Waals surface area contributed by atoms with Crippen LogP contribution in [0, 0.1) is 0 Å². The van der Waals surface area contributed by atoms with Gasteiger partial charge in [0, 0.05) is 6.07 Å². The van der Waals surface area contributed by atoms with Gasteiger partial charge in [0.25, 0.3) is 5.91 Å². The van der Waals surface area contributed by atoms with Crippen LogP contribution in [0.4, 0.5) is 5.69 Å². The summed E-state index contributed by atoms with van der Waals surface area (Å²) in [4.78, 5) is 16.1. The van der Waals surface area contributed by atoms with Crippen LogP contribution in [0.15, 0.2) is 18.2 Å². The van der Waals surface area contributed by atoms with Gasteiger partial charge in [0.2, 0.25) is 0 Å². The lowest BCUT2D eigenvalue weighted by molar-refractivity contribution is -0.883. The van der Waals surface area contributed by atoms with Crippen molar-refractivity contribution in [3.63, 3.8) is 0 Å². The van der Waals surface area contributed by atoms with Crippen LogP contribution in [-0.2, 0) is 4.79 Å². The molecule has 0 unspecified atom stereocenters. The van der Waals surface area contributed by atoms with Gasteiger partial charge in [0.15, 0.2) is 4.99 Å². The van der Waals surface area contributed by atoms with Crippen molar-refractivity contribution in [1.82, 2.24) is 4.90 Å². The Hall–Kier alpha value is -1.86. The number of hydrogen-bond acceptors (Lipinski definition) is 4. The van der Waals surface area contributed by atoms with Crippen LogP contribution >= 0.6 is 12.2 Å². The highest BCUT2D eigenvalue weighted by Crippen LogP contribution is 2.28. The zero-order chi connectivity index (χ0) is 16.1. The molecule has 0 aliphatic carbocycles. The zero-order valence-electron chi connectivity index (χ0n) is 13.1. The molecule has 1 aromatic carbocycles. The molecule has 2 rings (SSSR count). The summed E-state index contributed by atoms with van der Waals surface area (Å²) in [5, 5.41) is 2.81. The Morgan fingerprint density at radius 2 is 1.95 bits per heavy atom. The number of thiocarbonyl (C=S) groups is 1. The topological polar surface area (TPSA) is 55.2 Å². The van der Waals surface area contributed by atoms with Crippen molar-refractivity contribution in [3.8, 4) is 11.5 Å². The number of quaternary nitrogens is 1. The van der Waals surface area contributed by atoms with Gasteiger partial charge in [0.05, 0.1) is 53.1 Å². The molecule has 120 valence electrons. The van der Waals surface area contributed by atoms with Crippen LogP contribution in [-0.4, -0.2) is 63.2 Å². The number of ether oxygens (including phenoxy) is 2. The minimum absolute atomic E-state index is 0.291.